The lowest BCUT2D eigenvalue weighted by Gasteiger charge is -2.29. The zero-order valence-corrected chi connectivity index (χ0v) is 25.4. The maximum atomic E-state index is 15.2. The largest absolute Gasteiger partial charge is 0.444 e. The fraction of sp³-hybridized carbons (Fsp3) is 0.433. The molecule has 4 rings (SSSR count). The Morgan fingerprint density at radius 1 is 1.26 bits per heavy atom. The van der Waals surface area contributed by atoms with Gasteiger partial charge in [-0.2, -0.15) is 0 Å². The SMILES string of the molecule is CC(=O)NC[C@H]1CN(c2ccc(-c3ccc(CN(C[C@H](O)CSC4=NCC=N4)C(=O)OC(C)(C)C)cc3)c(F)c2)C(=O)O1. The van der Waals surface area contributed by atoms with Gasteiger partial charge in [-0.15, -0.1) is 0 Å². The van der Waals surface area contributed by atoms with Crippen molar-refractivity contribution in [1.82, 2.24) is 10.2 Å². The van der Waals surface area contributed by atoms with Gasteiger partial charge in [0.05, 0.1) is 38.0 Å². The number of amides is 3. The topological polar surface area (TPSA) is 133 Å². The molecule has 0 aliphatic carbocycles. The molecule has 2 heterocycles. The number of nitrogens with one attached hydrogen (secondary N) is 1. The molecule has 1 fully saturated rings. The summed E-state index contributed by atoms with van der Waals surface area (Å²) in [5.41, 5.74) is 1.35. The van der Waals surface area contributed by atoms with Crippen molar-refractivity contribution in [2.45, 2.75) is 52.0 Å². The molecule has 43 heavy (non-hydrogen) atoms. The minimum Gasteiger partial charge on any atom is -0.444 e. The predicted molar refractivity (Wildman–Crippen MR) is 164 cm³/mol. The third-order valence-corrected chi connectivity index (χ3v) is 7.40. The van der Waals surface area contributed by atoms with Crippen LogP contribution in [0.5, 0.6) is 0 Å². The van der Waals surface area contributed by atoms with E-state index in [0.717, 1.165) is 5.56 Å². The Morgan fingerprint density at radius 2 is 2.00 bits per heavy atom. The number of hydrogen-bond acceptors (Lipinski definition) is 9. The molecule has 0 bridgehead atoms. The summed E-state index contributed by atoms with van der Waals surface area (Å²) in [6.45, 7) is 7.82. The van der Waals surface area contributed by atoms with E-state index in [1.165, 1.54) is 34.6 Å². The first-order valence-electron chi connectivity index (χ1n) is 13.8. The van der Waals surface area contributed by atoms with Crippen LogP contribution in [0, 0.1) is 5.82 Å². The van der Waals surface area contributed by atoms with Crippen molar-refractivity contribution in [3.63, 3.8) is 0 Å². The molecule has 11 nitrogen and oxygen atoms in total. The number of ether oxygens (including phenoxy) is 2. The van der Waals surface area contributed by atoms with Crippen LogP contribution >= 0.6 is 11.8 Å². The van der Waals surface area contributed by atoms with Crippen molar-refractivity contribution in [2.75, 3.05) is 36.8 Å². The van der Waals surface area contributed by atoms with Crippen molar-refractivity contribution in [3.05, 3.63) is 53.8 Å². The molecule has 2 N–H and O–H groups in total. The third kappa shape index (κ3) is 9.26. The molecule has 230 valence electrons. The van der Waals surface area contributed by atoms with Gasteiger partial charge in [-0.1, -0.05) is 36.0 Å². The number of benzene rings is 2. The Labute approximate surface area is 254 Å². The molecule has 2 aliphatic heterocycles. The number of anilines is 1. The Kier molecular flexibility index (Phi) is 10.4. The van der Waals surface area contributed by atoms with Gasteiger partial charge in [0.1, 0.15) is 17.5 Å². The highest BCUT2D eigenvalue weighted by Crippen LogP contribution is 2.29. The minimum absolute atomic E-state index is 0.0430. The molecule has 0 saturated carbocycles. The molecular weight excluding hydrogens is 577 g/mol. The zero-order chi connectivity index (χ0) is 31.1. The zero-order valence-electron chi connectivity index (χ0n) is 24.6. The molecule has 0 unspecified atom stereocenters. The second kappa shape index (κ2) is 14.0. The van der Waals surface area contributed by atoms with Gasteiger partial charge in [-0.3, -0.25) is 14.7 Å². The number of nitrogens with zero attached hydrogens (tertiary/aromatic N) is 4. The summed E-state index contributed by atoms with van der Waals surface area (Å²) in [7, 11) is 0. The number of thioether (sulfide) groups is 1. The molecule has 2 aromatic rings. The van der Waals surface area contributed by atoms with E-state index in [1.54, 1.807) is 63.4 Å². The second-order valence-electron chi connectivity index (χ2n) is 11.2. The lowest BCUT2D eigenvalue weighted by atomic mass is 10.0. The molecule has 3 amide bonds. The monoisotopic (exact) mass is 613 g/mol. The first-order valence-corrected chi connectivity index (χ1v) is 14.8. The summed E-state index contributed by atoms with van der Waals surface area (Å²) in [5.74, 6) is -0.434. The number of carbonyl (C=O) groups excluding carboxylic acids is 3. The number of amidine groups is 1. The average molecular weight is 614 g/mol. The maximum absolute atomic E-state index is 15.2. The van der Waals surface area contributed by atoms with E-state index in [0.29, 0.717) is 34.3 Å². The van der Waals surface area contributed by atoms with Gasteiger partial charge >= 0.3 is 12.2 Å². The smallest absolute Gasteiger partial charge is 0.414 e. The number of rotatable bonds is 10. The molecular formula is C30H36FN5O6S. The van der Waals surface area contributed by atoms with E-state index in [2.05, 4.69) is 15.3 Å². The molecule has 2 atom stereocenters. The van der Waals surface area contributed by atoms with E-state index in [-0.39, 0.29) is 32.1 Å². The first kappa shape index (κ1) is 32.0. The van der Waals surface area contributed by atoms with E-state index in [9.17, 15) is 19.5 Å². The van der Waals surface area contributed by atoms with Gasteiger partial charge in [0.25, 0.3) is 0 Å². The van der Waals surface area contributed by atoms with Gasteiger partial charge in [0, 0.05) is 31.0 Å². The van der Waals surface area contributed by atoms with Crippen LogP contribution in [0.1, 0.15) is 33.3 Å². The summed E-state index contributed by atoms with van der Waals surface area (Å²) < 4.78 is 26.1. The number of cyclic esters (lactones) is 1. The van der Waals surface area contributed by atoms with Crippen LogP contribution in [0.15, 0.2) is 52.4 Å². The van der Waals surface area contributed by atoms with E-state index >= 15 is 4.39 Å². The fourth-order valence-electron chi connectivity index (χ4n) is 4.38. The number of aliphatic imine (C=N–C) groups is 2. The number of halogens is 1. The standard InChI is InChI=1S/C30H36FN5O6S/c1-19(37)34-14-24-17-36(29(40)41-24)22-9-10-25(26(31)13-22)21-7-5-20(6-8-21)15-35(28(39)42-30(2,3)4)16-23(38)18-43-27-32-11-12-33-27/h5-11,13,23-24,38H,12,14-18H2,1-4H3,(H,34,37)/t23-,24-/m0/s1. The van der Waals surface area contributed by atoms with Crippen LogP contribution in [-0.4, -0.2) is 89.2 Å². The summed E-state index contributed by atoms with van der Waals surface area (Å²) in [6.07, 6.45) is -0.829. The summed E-state index contributed by atoms with van der Waals surface area (Å²) in [5, 5.41) is 13.9. The fourth-order valence-corrected chi connectivity index (χ4v) is 5.14. The van der Waals surface area contributed by atoms with Gasteiger partial charge in [0.2, 0.25) is 5.91 Å². The molecule has 2 aromatic carbocycles. The Balaban J connectivity index is 1.42. The lowest BCUT2D eigenvalue weighted by molar-refractivity contribution is -0.119. The van der Waals surface area contributed by atoms with Gasteiger partial charge in [0.15, 0.2) is 5.17 Å². The molecule has 0 aromatic heterocycles. The van der Waals surface area contributed by atoms with Gasteiger partial charge in [-0.05, 0) is 50.1 Å². The van der Waals surface area contributed by atoms with Crippen LogP contribution in [-0.2, 0) is 20.8 Å². The Bertz CT molecular complexity index is 1390. The highest BCUT2D eigenvalue weighted by Gasteiger charge is 2.33. The Hall–Kier alpha value is -3.97. The maximum Gasteiger partial charge on any atom is 0.414 e. The van der Waals surface area contributed by atoms with Gasteiger partial charge in [-0.25, -0.2) is 19.0 Å². The second-order valence-corrected chi connectivity index (χ2v) is 12.2. The van der Waals surface area contributed by atoms with Crippen molar-refractivity contribution in [3.8, 4) is 11.1 Å². The number of aliphatic hydroxyl groups is 1. The predicted octanol–water partition coefficient (Wildman–Crippen LogP) is 4.23. The number of carbonyl (C=O) groups is 3. The van der Waals surface area contributed by atoms with E-state index in [1.807, 2.05) is 0 Å². The highest BCUT2D eigenvalue weighted by atomic mass is 32.2. The molecule has 2 aliphatic rings. The van der Waals surface area contributed by atoms with Crippen molar-refractivity contribution in [1.29, 1.82) is 0 Å². The Morgan fingerprint density at radius 3 is 2.63 bits per heavy atom. The van der Waals surface area contributed by atoms with E-state index in [4.69, 9.17) is 9.47 Å². The normalized spacial score (nSPS) is 17.0. The van der Waals surface area contributed by atoms with Crippen molar-refractivity contribution < 1.29 is 33.4 Å². The average Bonchev–Trinajstić information content (AvgIpc) is 3.59. The molecule has 13 heteroatoms. The lowest BCUT2D eigenvalue weighted by Crippen LogP contribution is -2.41. The van der Waals surface area contributed by atoms with Crippen molar-refractivity contribution >= 4 is 46.9 Å². The van der Waals surface area contributed by atoms with Crippen molar-refractivity contribution in [2.24, 2.45) is 9.98 Å². The summed E-state index contributed by atoms with van der Waals surface area (Å²) in [4.78, 5) is 47.5. The molecule has 0 spiro atoms. The minimum atomic E-state index is -0.837. The summed E-state index contributed by atoms with van der Waals surface area (Å²) >= 11 is 1.32. The van der Waals surface area contributed by atoms with Gasteiger partial charge < -0.3 is 24.8 Å². The van der Waals surface area contributed by atoms with Crippen LogP contribution < -0.4 is 10.2 Å². The third-order valence-electron chi connectivity index (χ3n) is 6.35. The van der Waals surface area contributed by atoms with Crippen LogP contribution in [0.2, 0.25) is 0 Å². The first-order chi connectivity index (χ1) is 20.4. The van der Waals surface area contributed by atoms with Crippen LogP contribution in [0.3, 0.4) is 0 Å². The highest BCUT2D eigenvalue weighted by molar-refractivity contribution is 8.13. The van der Waals surface area contributed by atoms with Crippen LogP contribution in [0.25, 0.3) is 11.1 Å². The van der Waals surface area contributed by atoms with E-state index < -0.39 is 35.8 Å². The van der Waals surface area contributed by atoms with Crippen LogP contribution in [0.4, 0.5) is 19.7 Å². The molecule has 0 radical (unpaired) electrons. The number of hydrogen-bond donors (Lipinski definition) is 2. The quantitative estimate of drug-likeness (QED) is 0.410. The molecule has 1 saturated heterocycles. The number of aliphatic hydroxyl groups excluding tert-OH is 1. The summed E-state index contributed by atoms with van der Waals surface area (Å²) in [6, 6.07) is 11.6.